The number of alkyl halides is 3. The van der Waals surface area contributed by atoms with Gasteiger partial charge in [-0.1, -0.05) is 53.4 Å². The summed E-state index contributed by atoms with van der Waals surface area (Å²) in [4.78, 5) is 12.1. The monoisotopic (exact) mass is 434 g/mol. The van der Waals surface area contributed by atoms with Gasteiger partial charge in [0.2, 0.25) is 11.0 Å². The lowest BCUT2D eigenvalue weighted by molar-refractivity contribution is -0.137. The molecule has 3 aromatic rings. The number of anilines is 1. The van der Waals surface area contributed by atoms with E-state index >= 15 is 0 Å². The van der Waals surface area contributed by atoms with Crippen LogP contribution in [0, 0.1) is 11.3 Å². The Bertz CT molecular complexity index is 1040. The molecule has 0 unspecified atom stereocenters. The minimum absolute atomic E-state index is 0.197. The molecule has 3 rings (SSSR count). The van der Waals surface area contributed by atoms with Crippen LogP contribution >= 0.6 is 23.1 Å². The first kappa shape index (κ1) is 20.8. The van der Waals surface area contributed by atoms with Crippen LogP contribution in [0.2, 0.25) is 0 Å². The maximum absolute atomic E-state index is 12.8. The molecule has 29 heavy (non-hydrogen) atoms. The van der Waals surface area contributed by atoms with Crippen molar-refractivity contribution in [3.63, 3.8) is 0 Å². The van der Waals surface area contributed by atoms with Crippen molar-refractivity contribution in [2.24, 2.45) is 0 Å². The Labute approximate surface area is 172 Å². The van der Waals surface area contributed by atoms with Gasteiger partial charge in [-0.05, 0) is 29.3 Å². The summed E-state index contributed by atoms with van der Waals surface area (Å²) >= 11 is 2.61. The van der Waals surface area contributed by atoms with Crippen LogP contribution in [0.1, 0.15) is 22.3 Å². The Morgan fingerprint density at radius 1 is 1.14 bits per heavy atom. The molecule has 10 heteroatoms. The molecular formula is C19H13F3N4OS2. The van der Waals surface area contributed by atoms with E-state index in [4.69, 9.17) is 5.26 Å². The van der Waals surface area contributed by atoms with E-state index in [0.717, 1.165) is 17.7 Å². The fraction of sp³-hybridized carbons (Fsp3) is 0.158. The van der Waals surface area contributed by atoms with Crippen molar-refractivity contribution in [3.05, 3.63) is 70.8 Å². The number of carbonyl (C=O) groups is 1. The molecule has 1 amide bonds. The number of hydrogen-bond donors (Lipinski definition) is 1. The normalized spacial score (nSPS) is 11.1. The molecule has 0 radical (unpaired) electrons. The van der Waals surface area contributed by atoms with Gasteiger partial charge in [-0.15, -0.1) is 10.2 Å². The van der Waals surface area contributed by atoms with E-state index in [1.54, 1.807) is 12.1 Å². The average molecular weight is 434 g/mol. The SMILES string of the molecule is N#Cc1ccc(CSc2nnc(NC(=O)Cc3cccc(C(F)(F)F)c3)s2)cc1. The standard InChI is InChI=1S/C19H13F3N4OS2/c20-19(21,22)15-3-1-2-14(8-15)9-16(27)24-17-25-26-18(29-17)28-11-13-6-4-12(10-23)5-7-13/h1-8H,9,11H2,(H,24,25,27). The quantitative estimate of drug-likeness (QED) is 0.441. The highest BCUT2D eigenvalue weighted by Crippen LogP contribution is 2.30. The molecule has 0 atom stereocenters. The van der Waals surface area contributed by atoms with Crippen molar-refractivity contribution in [2.75, 3.05) is 5.32 Å². The lowest BCUT2D eigenvalue weighted by atomic mass is 10.1. The number of hydrogen-bond acceptors (Lipinski definition) is 6. The first-order chi connectivity index (χ1) is 13.8. The average Bonchev–Trinajstić information content (AvgIpc) is 3.13. The molecule has 0 aliphatic carbocycles. The topological polar surface area (TPSA) is 78.7 Å². The summed E-state index contributed by atoms with van der Waals surface area (Å²) in [6.45, 7) is 0. The molecule has 0 saturated heterocycles. The third-order valence-corrected chi connectivity index (χ3v) is 5.76. The number of amides is 1. The number of thioether (sulfide) groups is 1. The minimum atomic E-state index is -4.45. The Kier molecular flexibility index (Phi) is 6.51. The van der Waals surface area contributed by atoms with Crippen LogP contribution < -0.4 is 5.32 Å². The smallest absolute Gasteiger partial charge is 0.300 e. The minimum Gasteiger partial charge on any atom is -0.300 e. The fourth-order valence-electron chi connectivity index (χ4n) is 2.35. The summed E-state index contributed by atoms with van der Waals surface area (Å²) in [6.07, 6.45) is -4.65. The van der Waals surface area contributed by atoms with Crippen LogP contribution in [0.25, 0.3) is 0 Å². The van der Waals surface area contributed by atoms with Gasteiger partial charge >= 0.3 is 6.18 Å². The molecule has 2 aromatic carbocycles. The van der Waals surface area contributed by atoms with Gasteiger partial charge in [0.25, 0.3) is 0 Å². The predicted octanol–water partition coefficient (Wildman–Crippen LogP) is 4.90. The number of nitrogens with zero attached hydrogens (tertiary/aromatic N) is 3. The predicted molar refractivity (Wildman–Crippen MR) is 104 cm³/mol. The molecule has 148 valence electrons. The van der Waals surface area contributed by atoms with Crippen LogP contribution in [0.15, 0.2) is 52.9 Å². The van der Waals surface area contributed by atoms with Crippen molar-refractivity contribution in [1.29, 1.82) is 5.26 Å². The van der Waals surface area contributed by atoms with Gasteiger partial charge < -0.3 is 5.32 Å². The second kappa shape index (κ2) is 9.07. The second-order valence-electron chi connectivity index (χ2n) is 5.89. The third-order valence-electron chi connectivity index (χ3n) is 3.72. The number of benzene rings is 2. The summed E-state index contributed by atoms with van der Waals surface area (Å²) in [6, 6.07) is 13.9. The van der Waals surface area contributed by atoms with Gasteiger partial charge in [-0.2, -0.15) is 18.4 Å². The van der Waals surface area contributed by atoms with Gasteiger partial charge in [0.1, 0.15) is 0 Å². The van der Waals surface area contributed by atoms with Gasteiger partial charge in [0, 0.05) is 5.75 Å². The second-order valence-corrected chi connectivity index (χ2v) is 8.09. The van der Waals surface area contributed by atoms with E-state index in [-0.39, 0.29) is 17.1 Å². The zero-order valence-electron chi connectivity index (χ0n) is 14.7. The molecule has 0 aliphatic rings. The van der Waals surface area contributed by atoms with Crippen molar-refractivity contribution in [3.8, 4) is 6.07 Å². The van der Waals surface area contributed by atoms with Crippen molar-refractivity contribution in [2.45, 2.75) is 22.7 Å². The van der Waals surface area contributed by atoms with E-state index in [0.29, 0.717) is 15.7 Å². The van der Waals surface area contributed by atoms with Crippen molar-refractivity contribution >= 4 is 34.1 Å². The van der Waals surface area contributed by atoms with E-state index in [1.165, 1.54) is 35.2 Å². The molecule has 0 fully saturated rings. The fourth-order valence-corrected chi connectivity index (χ4v) is 4.07. The lowest BCUT2D eigenvalue weighted by Crippen LogP contribution is -2.15. The van der Waals surface area contributed by atoms with Gasteiger partial charge in [0.05, 0.1) is 23.6 Å². The Morgan fingerprint density at radius 3 is 2.59 bits per heavy atom. The number of rotatable bonds is 6. The molecular weight excluding hydrogens is 421 g/mol. The molecule has 0 aliphatic heterocycles. The summed E-state index contributed by atoms with van der Waals surface area (Å²) in [5.41, 5.74) is 1.07. The number of nitrogens with one attached hydrogen (secondary N) is 1. The summed E-state index contributed by atoms with van der Waals surface area (Å²) in [5.74, 6) is 0.155. The Balaban J connectivity index is 1.54. The van der Waals surface area contributed by atoms with Gasteiger partial charge in [-0.3, -0.25) is 4.79 Å². The van der Waals surface area contributed by atoms with Crippen LogP contribution in [0.4, 0.5) is 18.3 Å². The van der Waals surface area contributed by atoms with Gasteiger partial charge in [0.15, 0.2) is 4.34 Å². The number of aromatic nitrogens is 2. The van der Waals surface area contributed by atoms with E-state index < -0.39 is 17.6 Å². The van der Waals surface area contributed by atoms with Crippen molar-refractivity contribution in [1.82, 2.24) is 10.2 Å². The maximum atomic E-state index is 12.8. The highest BCUT2D eigenvalue weighted by Gasteiger charge is 2.30. The lowest BCUT2D eigenvalue weighted by Gasteiger charge is -2.08. The molecule has 0 bridgehead atoms. The van der Waals surface area contributed by atoms with E-state index in [2.05, 4.69) is 21.6 Å². The summed E-state index contributed by atoms with van der Waals surface area (Å²) < 4.78 is 38.9. The zero-order chi connectivity index (χ0) is 20.9. The van der Waals surface area contributed by atoms with Crippen molar-refractivity contribution < 1.29 is 18.0 Å². The van der Waals surface area contributed by atoms with Crippen LogP contribution in [0.3, 0.4) is 0 Å². The van der Waals surface area contributed by atoms with E-state index in [1.807, 2.05) is 12.1 Å². The summed E-state index contributed by atoms with van der Waals surface area (Å²) in [5, 5.41) is 19.5. The molecule has 1 aromatic heterocycles. The van der Waals surface area contributed by atoms with E-state index in [9.17, 15) is 18.0 Å². The largest absolute Gasteiger partial charge is 0.416 e. The first-order valence-electron chi connectivity index (χ1n) is 8.25. The Hall–Kier alpha value is -2.90. The maximum Gasteiger partial charge on any atom is 0.416 e. The van der Waals surface area contributed by atoms with Crippen LogP contribution in [0.5, 0.6) is 0 Å². The molecule has 5 nitrogen and oxygen atoms in total. The molecule has 0 spiro atoms. The highest BCUT2D eigenvalue weighted by atomic mass is 32.2. The molecule has 0 saturated carbocycles. The third kappa shape index (κ3) is 6.04. The Morgan fingerprint density at radius 2 is 1.90 bits per heavy atom. The zero-order valence-corrected chi connectivity index (χ0v) is 16.4. The number of carbonyl (C=O) groups excluding carboxylic acids is 1. The molecule has 1 N–H and O–H groups in total. The highest BCUT2D eigenvalue weighted by molar-refractivity contribution is 8.00. The van der Waals surface area contributed by atoms with Crippen LogP contribution in [-0.2, 0) is 23.1 Å². The van der Waals surface area contributed by atoms with Crippen LogP contribution in [-0.4, -0.2) is 16.1 Å². The number of nitriles is 1. The first-order valence-corrected chi connectivity index (χ1v) is 10.0. The molecule has 1 heterocycles. The summed E-state index contributed by atoms with van der Waals surface area (Å²) in [7, 11) is 0. The number of halogens is 3. The van der Waals surface area contributed by atoms with Gasteiger partial charge in [-0.25, -0.2) is 0 Å².